The Morgan fingerprint density at radius 2 is 1.82 bits per heavy atom. The molecule has 2 heterocycles. The van der Waals surface area contributed by atoms with Crippen molar-refractivity contribution in [2.45, 2.75) is 25.7 Å². The van der Waals surface area contributed by atoms with Crippen molar-refractivity contribution in [2.75, 3.05) is 62.7 Å². The van der Waals surface area contributed by atoms with E-state index in [1.807, 2.05) is 18.2 Å². The molecule has 1 saturated carbocycles. The molecule has 0 atom stereocenters. The third-order valence-electron chi connectivity index (χ3n) is 5.72. The van der Waals surface area contributed by atoms with Crippen molar-refractivity contribution in [2.24, 2.45) is 5.92 Å². The van der Waals surface area contributed by atoms with E-state index >= 15 is 0 Å². The quantitative estimate of drug-likeness (QED) is 0.746. The standard InChI is InChI=1S/C21H30N4O3/c26-20(16-3-4-16)23-17-5-6-19(25-8-1-2-9-25)18(15-17)21(27)22-7-10-24-11-13-28-14-12-24/h5-6,15-16H,1-4,7-14H2,(H,22,27)(H,23,26). The number of ether oxygens (including phenoxy) is 1. The van der Waals surface area contributed by atoms with Crippen LogP contribution in [0.3, 0.4) is 0 Å². The number of nitrogens with zero attached hydrogens (tertiary/aromatic N) is 2. The smallest absolute Gasteiger partial charge is 0.253 e. The number of nitrogens with one attached hydrogen (secondary N) is 2. The summed E-state index contributed by atoms with van der Waals surface area (Å²) in [6, 6.07) is 5.72. The van der Waals surface area contributed by atoms with E-state index in [1.54, 1.807) is 0 Å². The first-order valence-electron chi connectivity index (χ1n) is 10.5. The maximum atomic E-state index is 13.0. The van der Waals surface area contributed by atoms with Crippen LogP contribution in [0.2, 0.25) is 0 Å². The molecule has 28 heavy (non-hydrogen) atoms. The van der Waals surface area contributed by atoms with Gasteiger partial charge in [0.2, 0.25) is 5.91 Å². The van der Waals surface area contributed by atoms with E-state index in [0.29, 0.717) is 17.8 Å². The minimum Gasteiger partial charge on any atom is -0.379 e. The molecule has 3 fully saturated rings. The van der Waals surface area contributed by atoms with E-state index in [9.17, 15) is 9.59 Å². The van der Waals surface area contributed by atoms with Gasteiger partial charge in [-0.15, -0.1) is 0 Å². The number of hydrogen-bond donors (Lipinski definition) is 2. The third-order valence-corrected chi connectivity index (χ3v) is 5.72. The first-order chi connectivity index (χ1) is 13.7. The summed E-state index contributed by atoms with van der Waals surface area (Å²) in [5.41, 5.74) is 2.32. The minimum atomic E-state index is -0.0716. The average molecular weight is 386 g/mol. The van der Waals surface area contributed by atoms with Gasteiger partial charge in [0.05, 0.1) is 18.8 Å². The van der Waals surface area contributed by atoms with Gasteiger partial charge >= 0.3 is 0 Å². The Kier molecular flexibility index (Phi) is 6.12. The zero-order valence-electron chi connectivity index (χ0n) is 16.4. The van der Waals surface area contributed by atoms with Gasteiger partial charge in [-0.25, -0.2) is 0 Å². The molecule has 2 N–H and O–H groups in total. The van der Waals surface area contributed by atoms with Crippen molar-refractivity contribution in [1.82, 2.24) is 10.2 Å². The molecule has 1 aliphatic carbocycles. The SMILES string of the molecule is O=C(NCCN1CCOCC1)c1cc(NC(=O)C2CC2)ccc1N1CCCC1. The molecule has 152 valence electrons. The molecule has 7 nitrogen and oxygen atoms in total. The van der Waals surface area contributed by atoms with Crippen LogP contribution < -0.4 is 15.5 Å². The molecular weight excluding hydrogens is 356 g/mol. The second-order valence-electron chi connectivity index (χ2n) is 7.90. The predicted molar refractivity (Wildman–Crippen MR) is 109 cm³/mol. The first-order valence-corrected chi connectivity index (χ1v) is 10.5. The highest BCUT2D eigenvalue weighted by molar-refractivity contribution is 6.02. The van der Waals surface area contributed by atoms with Crippen molar-refractivity contribution in [3.63, 3.8) is 0 Å². The van der Waals surface area contributed by atoms with Gasteiger partial charge in [0.1, 0.15) is 0 Å². The lowest BCUT2D eigenvalue weighted by Gasteiger charge is -2.26. The van der Waals surface area contributed by atoms with Crippen LogP contribution in [0.1, 0.15) is 36.0 Å². The summed E-state index contributed by atoms with van der Waals surface area (Å²) in [6.07, 6.45) is 4.23. The molecule has 2 saturated heterocycles. The molecule has 7 heteroatoms. The molecule has 0 unspecified atom stereocenters. The number of amides is 2. The maximum Gasteiger partial charge on any atom is 0.253 e. The molecule has 2 amide bonds. The molecule has 3 aliphatic rings. The van der Waals surface area contributed by atoms with E-state index in [0.717, 1.165) is 77.3 Å². The lowest BCUT2D eigenvalue weighted by atomic mass is 10.1. The summed E-state index contributed by atoms with van der Waals surface area (Å²) < 4.78 is 5.37. The van der Waals surface area contributed by atoms with Crippen LogP contribution in [0.4, 0.5) is 11.4 Å². The number of anilines is 2. The Morgan fingerprint density at radius 1 is 1.07 bits per heavy atom. The number of benzene rings is 1. The summed E-state index contributed by atoms with van der Waals surface area (Å²) in [5, 5.41) is 6.03. The number of carbonyl (C=O) groups excluding carboxylic acids is 2. The van der Waals surface area contributed by atoms with Crippen molar-refractivity contribution >= 4 is 23.2 Å². The number of carbonyl (C=O) groups is 2. The summed E-state index contributed by atoms with van der Waals surface area (Å²) in [4.78, 5) is 29.6. The largest absolute Gasteiger partial charge is 0.379 e. The number of morpholine rings is 1. The normalized spacial score (nSPS) is 20.2. The molecule has 4 rings (SSSR count). The molecule has 1 aromatic rings. The van der Waals surface area contributed by atoms with Gasteiger partial charge in [0, 0.05) is 56.6 Å². The summed E-state index contributed by atoms with van der Waals surface area (Å²) >= 11 is 0. The molecule has 0 spiro atoms. The Balaban J connectivity index is 1.43. The van der Waals surface area contributed by atoms with Crippen LogP contribution >= 0.6 is 0 Å². The highest BCUT2D eigenvalue weighted by Gasteiger charge is 2.30. The zero-order valence-corrected chi connectivity index (χ0v) is 16.4. The van der Waals surface area contributed by atoms with Crippen LogP contribution in [0.15, 0.2) is 18.2 Å². The van der Waals surface area contributed by atoms with Crippen LogP contribution in [-0.2, 0) is 9.53 Å². The van der Waals surface area contributed by atoms with Crippen molar-refractivity contribution < 1.29 is 14.3 Å². The van der Waals surface area contributed by atoms with Crippen LogP contribution in [0.25, 0.3) is 0 Å². The fraction of sp³-hybridized carbons (Fsp3) is 0.619. The highest BCUT2D eigenvalue weighted by atomic mass is 16.5. The van der Waals surface area contributed by atoms with Crippen LogP contribution in [-0.4, -0.2) is 69.2 Å². The molecule has 0 radical (unpaired) electrons. The highest BCUT2D eigenvalue weighted by Crippen LogP contribution is 2.32. The molecule has 2 aliphatic heterocycles. The van der Waals surface area contributed by atoms with E-state index in [-0.39, 0.29) is 17.7 Å². The van der Waals surface area contributed by atoms with Gasteiger partial charge < -0.3 is 20.3 Å². The second-order valence-corrected chi connectivity index (χ2v) is 7.90. The van der Waals surface area contributed by atoms with Crippen molar-refractivity contribution in [1.29, 1.82) is 0 Å². The fourth-order valence-corrected chi connectivity index (χ4v) is 3.87. The predicted octanol–water partition coefficient (Wildman–Crippen LogP) is 1.70. The van der Waals surface area contributed by atoms with E-state index in [4.69, 9.17) is 4.74 Å². The third kappa shape index (κ3) is 4.83. The number of hydrogen-bond acceptors (Lipinski definition) is 5. The van der Waals surface area contributed by atoms with Gasteiger partial charge in [-0.2, -0.15) is 0 Å². The summed E-state index contributed by atoms with van der Waals surface area (Å²) in [7, 11) is 0. The molecular formula is C21H30N4O3. The Bertz CT molecular complexity index is 708. The van der Waals surface area contributed by atoms with E-state index in [2.05, 4.69) is 20.4 Å². The lowest BCUT2D eigenvalue weighted by Crippen LogP contribution is -2.41. The topological polar surface area (TPSA) is 73.9 Å². The van der Waals surface area contributed by atoms with Gasteiger partial charge in [0.25, 0.3) is 5.91 Å². The second kappa shape index (κ2) is 8.92. The zero-order chi connectivity index (χ0) is 19.3. The van der Waals surface area contributed by atoms with Gasteiger partial charge in [-0.05, 0) is 43.9 Å². The van der Waals surface area contributed by atoms with Crippen LogP contribution in [0, 0.1) is 5.92 Å². The molecule has 1 aromatic carbocycles. The fourth-order valence-electron chi connectivity index (χ4n) is 3.87. The lowest BCUT2D eigenvalue weighted by molar-refractivity contribution is -0.117. The molecule has 0 bridgehead atoms. The van der Waals surface area contributed by atoms with Crippen molar-refractivity contribution in [3.8, 4) is 0 Å². The van der Waals surface area contributed by atoms with Crippen molar-refractivity contribution in [3.05, 3.63) is 23.8 Å². The average Bonchev–Trinajstić information content (AvgIpc) is 3.44. The Labute approximate surface area is 166 Å². The van der Waals surface area contributed by atoms with Gasteiger partial charge in [-0.3, -0.25) is 14.5 Å². The van der Waals surface area contributed by atoms with E-state index in [1.165, 1.54) is 0 Å². The summed E-state index contributed by atoms with van der Waals surface area (Å²) in [6.45, 7) is 6.73. The molecule has 0 aromatic heterocycles. The minimum absolute atomic E-state index is 0.0626. The number of rotatable bonds is 7. The Morgan fingerprint density at radius 3 is 2.54 bits per heavy atom. The first kappa shape index (κ1) is 19.2. The van der Waals surface area contributed by atoms with Gasteiger partial charge in [0.15, 0.2) is 0 Å². The van der Waals surface area contributed by atoms with Crippen LogP contribution in [0.5, 0.6) is 0 Å². The van der Waals surface area contributed by atoms with E-state index < -0.39 is 0 Å². The summed E-state index contributed by atoms with van der Waals surface area (Å²) in [5.74, 6) is 0.134. The monoisotopic (exact) mass is 386 g/mol. The van der Waals surface area contributed by atoms with Gasteiger partial charge in [-0.1, -0.05) is 0 Å². The maximum absolute atomic E-state index is 13.0. The Hall–Kier alpha value is -2.12.